The van der Waals surface area contributed by atoms with Crippen LogP contribution in [0.3, 0.4) is 0 Å². The first-order valence-electron chi connectivity index (χ1n) is 10.2. The van der Waals surface area contributed by atoms with E-state index < -0.39 is 0 Å². The molecule has 7 heteroatoms. The number of hydrogen-bond acceptors (Lipinski definition) is 5. The summed E-state index contributed by atoms with van der Waals surface area (Å²) in [7, 11) is 1.83. The highest BCUT2D eigenvalue weighted by molar-refractivity contribution is 8.00. The predicted octanol–water partition coefficient (Wildman–Crippen LogP) is 3.99. The number of rotatable bonds is 6. The van der Waals surface area contributed by atoms with Gasteiger partial charge in [-0.3, -0.25) is 9.36 Å². The highest BCUT2D eigenvalue weighted by Gasteiger charge is 2.34. The lowest BCUT2D eigenvalue weighted by molar-refractivity contribution is -0.117. The quantitative estimate of drug-likeness (QED) is 0.688. The summed E-state index contributed by atoms with van der Waals surface area (Å²) < 4.78 is 2.28. The van der Waals surface area contributed by atoms with Gasteiger partial charge in [0, 0.05) is 31.9 Å². The van der Waals surface area contributed by atoms with Gasteiger partial charge in [0.15, 0.2) is 5.16 Å². The van der Waals surface area contributed by atoms with Crippen molar-refractivity contribution in [2.45, 2.75) is 56.0 Å². The highest BCUT2D eigenvalue weighted by atomic mass is 32.2. The van der Waals surface area contributed by atoms with Crippen molar-refractivity contribution < 1.29 is 4.79 Å². The fourth-order valence-electron chi connectivity index (χ4n) is 3.69. The summed E-state index contributed by atoms with van der Waals surface area (Å²) in [6, 6.07) is 10.3. The molecule has 2 aromatic rings. The smallest absolute Gasteiger partial charge is 0.240 e. The SMILES string of the molecule is CC1CCN(c2nnc(SC(C)C(=O)N(C)c3ccccc3)n2C2CC2)CC1. The molecule has 1 aliphatic heterocycles. The maximum absolute atomic E-state index is 12.9. The van der Waals surface area contributed by atoms with E-state index in [4.69, 9.17) is 0 Å². The molecule has 0 bridgehead atoms. The second-order valence-electron chi connectivity index (χ2n) is 8.05. The molecule has 1 aliphatic carbocycles. The molecule has 1 saturated heterocycles. The van der Waals surface area contributed by atoms with Gasteiger partial charge in [0.05, 0.1) is 5.25 Å². The minimum atomic E-state index is -0.221. The zero-order valence-electron chi connectivity index (χ0n) is 16.9. The van der Waals surface area contributed by atoms with Crippen molar-refractivity contribution in [3.63, 3.8) is 0 Å². The maximum Gasteiger partial charge on any atom is 0.240 e. The third-order valence-electron chi connectivity index (χ3n) is 5.73. The maximum atomic E-state index is 12.9. The lowest BCUT2D eigenvalue weighted by atomic mass is 10.00. The normalized spacial score (nSPS) is 18.9. The van der Waals surface area contributed by atoms with Gasteiger partial charge in [-0.1, -0.05) is 36.9 Å². The summed E-state index contributed by atoms with van der Waals surface area (Å²) in [5, 5.41) is 9.68. The van der Waals surface area contributed by atoms with Gasteiger partial charge in [-0.05, 0) is 50.7 Å². The van der Waals surface area contributed by atoms with Gasteiger partial charge in [-0.2, -0.15) is 0 Å². The van der Waals surface area contributed by atoms with Crippen LogP contribution in [0.4, 0.5) is 11.6 Å². The largest absolute Gasteiger partial charge is 0.341 e. The number of benzene rings is 1. The number of aromatic nitrogens is 3. The summed E-state index contributed by atoms with van der Waals surface area (Å²) in [6.07, 6.45) is 4.76. The Hall–Kier alpha value is -2.02. The Bertz CT molecular complexity index is 811. The Balaban J connectivity index is 1.49. The van der Waals surface area contributed by atoms with Crippen molar-refractivity contribution in [3.05, 3.63) is 30.3 Å². The molecule has 28 heavy (non-hydrogen) atoms. The molecular formula is C21H29N5OS. The molecule has 150 valence electrons. The molecule has 1 saturated carbocycles. The fourth-order valence-corrected chi connectivity index (χ4v) is 4.69. The van der Waals surface area contributed by atoms with Crippen LogP contribution >= 0.6 is 11.8 Å². The predicted molar refractivity (Wildman–Crippen MR) is 114 cm³/mol. The topological polar surface area (TPSA) is 54.3 Å². The number of para-hydroxylation sites is 1. The summed E-state index contributed by atoms with van der Waals surface area (Å²) in [5.41, 5.74) is 0.909. The molecular weight excluding hydrogens is 370 g/mol. The molecule has 2 aliphatic rings. The van der Waals surface area contributed by atoms with Crippen LogP contribution < -0.4 is 9.80 Å². The van der Waals surface area contributed by atoms with Crippen LogP contribution in [0.15, 0.2) is 35.5 Å². The van der Waals surface area contributed by atoms with E-state index >= 15 is 0 Å². The van der Waals surface area contributed by atoms with Crippen molar-refractivity contribution in [1.29, 1.82) is 0 Å². The van der Waals surface area contributed by atoms with E-state index in [0.717, 1.165) is 35.8 Å². The monoisotopic (exact) mass is 399 g/mol. The minimum Gasteiger partial charge on any atom is -0.341 e. The van der Waals surface area contributed by atoms with Gasteiger partial charge in [0.1, 0.15) is 0 Å². The van der Waals surface area contributed by atoms with E-state index in [1.165, 1.54) is 37.4 Å². The molecule has 6 nitrogen and oxygen atoms in total. The second-order valence-corrected chi connectivity index (χ2v) is 9.35. The summed E-state index contributed by atoms with van der Waals surface area (Å²) >= 11 is 1.53. The fraction of sp³-hybridized carbons (Fsp3) is 0.571. The van der Waals surface area contributed by atoms with Crippen molar-refractivity contribution in [2.24, 2.45) is 5.92 Å². The van der Waals surface area contributed by atoms with Crippen LogP contribution in [-0.4, -0.2) is 46.1 Å². The summed E-state index contributed by atoms with van der Waals surface area (Å²) in [5.74, 6) is 1.86. The molecule has 2 heterocycles. The zero-order valence-corrected chi connectivity index (χ0v) is 17.7. The van der Waals surface area contributed by atoms with Crippen LogP contribution in [-0.2, 0) is 4.79 Å². The third kappa shape index (κ3) is 4.04. The second kappa shape index (κ2) is 8.15. The Morgan fingerprint density at radius 2 is 1.82 bits per heavy atom. The van der Waals surface area contributed by atoms with Crippen LogP contribution in [0.2, 0.25) is 0 Å². The number of anilines is 2. The molecule has 1 amide bonds. The number of carbonyl (C=O) groups excluding carboxylic acids is 1. The van der Waals surface area contributed by atoms with E-state index in [0.29, 0.717) is 6.04 Å². The lowest BCUT2D eigenvalue weighted by Gasteiger charge is -2.31. The summed E-state index contributed by atoms with van der Waals surface area (Å²) in [4.78, 5) is 17.0. The molecule has 4 rings (SSSR count). The number of amides is 1. The zero-order chi connectivity index (χ0) is 19.7. The van der Waals surface area contributed by atoms with Gasteiger partial charge < -0.3 is 9.80 Å². The van der Waals surface area contributed by atoms with E-state index in [9.17, 15) is 4.79 Å². The lowest BCUT2D eigenvalue weighted by Crippen LogP contribution is -2.35. The van der Waals surface area contributed by atoms with Crippen LogP contribution in [0, 0.1) is 5.92 Å². The van der Waals surface area contributed by atoms with Crippen LogP contribution in [0.25, 0.3) is 0 Å². The van der Waals surface area contributed by atoms with Crippen molar-refractivity contribution in [3.8, 4) is 0 Å². The Labute approximate surface area is 171 Å². The van der Waals surface area contributed by atoms with E-state index in [-0.39, 0.29) is 11.2 Å². The van der Waals surface area contributed by atoms with E-state index in [2.05, 4.69) is 26.6 Å². The van der Waals surface area contributed by atoms with Gasteiger partial charge in [0.25, 0.3) is 0 Å². The van der Waals surface area contributed by atoms with E-state index in [1.807, 2.05) is 44.3 Å². The molecule has 0 spiro atoms. The molecule has 1 aromatic carbocycles. The Morgan fingerprint density at radius 1 is 1.14 bits per heavy atom. The van der Waals surface area contributed by atoms with Crippen molar-refractivity contribution >= 4 is 29.3 Å². The van der Waals surface area contributed by atoms with Crippen LogP contribution in [0.1, 0.15) is 45.6 Å². The highest BCUT2D eigenvalue weighted by Crippen LogP contribution is 2.42. The molecule has 1 unspecified atom stereocenters. The molecule has 2 fully saturated rings. The average molecular weight is 400 g/mol. The minimum absolute atomic E-state index is 0.0786. The Morgan fingerprint density at radius 3 is 2.46 bits per heavy atom. The van der Waals surface area contributed by atoms with Gasteiger partial charge >= 0.3 is 0 Å². The average Bonchev–Trinajstić information content (AvgIpc) is 3.48. The Kier molecular flexibility index (Phi) is 5.62. The van der Waals surface area contributed by atoms with Crippen LogP contribution in [0.5, 0.6) is 0 Å². The molecule has 0 radical (unpaired) electrons. The first-order chi connectivity index (χ1) is 13.5. The summed E-state index contributed by atoms with van der Waals surface area (Å²) in [6.45, 7) is 6.37. The van der Waals surface area contributed by atoms with Gasteiger partial charge in [0.2, 0.25) is 11.9 Å². The van der Waals surface area contributed by atoms with Crippen molar-refractivity contribution in [1.82, 2.24) is 14.8 Å². The van der Waals surface area contributed by atoms with E-state index in [1.54, 1.807) is 4.90 Å². The van der Waals surface area contributed by atoms with Gasteiger partial charge in [-0.25, -0.2) is 0 Å². The first kappa shape index (κ1) is 19.3. The first-order valence-corrected chi connectivity index (χ1v) is 11.1. The number of carbonyl (C=O) groups is 1. The molecule has 0 N–H and O–H groups in total. The third-order valence-corrected chi connectivity index (χ3v) is 6.77. The number of hydrogen-bond donors (Lipinski definition) is 0. The standard InChI is InChI=1S/C21H29N5OS/c1-15-11-13-25(14-12-15)20-22-23-21(26(20)18-9-10-18)28-16(2)19(27)24(3)17-7-5-4-6-8-17/h4-8,15-16,18H,9-14H2,1-3H3. The van der Waals surface area contributed by atoms with Crippen molar-refractivity contribution in [2.75, 3.05) is 29.9 Å². The number of thioether (sulfide) groups is 1. The molecule has 1 atom stereocenters. The number of nitrogens with zero attached hydrogens (tertiary/aromatic N) is 5. The number of piperidine rings is 1. The van der Waals surface area contributed by atoms with Gasteiger partial charge in [-0.15, -0.1) is 10.2 Å². The molecule has 1 aromatic heterocycles.